The Morgan fingerprint density at radius 2 is 2.62 bits per heavy atom. The Hall–Kier alpha value is -0.940. The van der Waals surface area contributed by atoms with Crippen LogP contribution in [0.5, 0.6) is 0 Å². The molecule has 0 aliphatic heterocycles. The average Bonchev–Trinajstić information content (AvgIpc) is 2.65. The molecule has 0 saturated heterocycles. The zero-order valence-electron chi connectivity index (χ0n) is 7.49. The summed E-state index contributed by atoms with van der Waals surface area (Å²) in [6.45, 7) is 2.68. The van der Waals surface area contributed by atoms with Gasteiger partial charge in [-0.25, -0.2) is 4.98 Å². The van der Waals surface area contributed by atoms with Crippen LogP contribution < -0.4 is 11.1 Å². The fourth-order valence-electron chi connectivity index (χ4n) is 0.784. The Morgan fingerprint density at radius 3 is 3.15 bits per heavy atom. The third-order valence-electron chi connectivity index (χ3n) is 1.70. The van der Waals surface area contributed by atoms with Crippen molar-refractivity contribution in [3.63, 3.8) is 0 Å². The van der Waals surface area contributed by atoms with Crippen LogP contribution in [0, 0.1) is 5.92 Å². The van der Waals surface area contributed by atoms with Gasteiger partial charge < -0.3 is 11.1 Å². The molecule has 0 saturated carbocycles. The molecule has 4 nitrogen and oxygen atoms in total. The number of hydrogen-bond donors (Lipinski definition) is 2. The molecule has 1 unspecified atom stereocenters. The van der Waals surface area contributed by atoms with E-state index in [4.69, 9.17) is 5.73 Å². The molecule has 1 aromatic rings. The van der Waals surface area contributed by atoms with E-state index in [0.29, 0.717) is 13.1 Å². The number of nitrogens with two attached hydrogens (primary N) is 1. The summed E-state index contributed by atoms with van der Waals surface area (Å²) in [7, 11) is 0. The SMILES string of the molecule is CC(CN)C(=O)NCc1nccs1. The van der Waals surface area contributed by atoms with Crippen molar-refractivity contribution >= 4 is 17.2 Å². The van der Waals surface area contributed by atoms with E-state index in [1.165, 1.54) is 11.3 Å². The van der Waals surface area contributed by atoms with Crippen molar-refractivity contribution in [3.05, 3.63) is 16.6 Å². The number of hydrogen-bond acceptors (Lipinski definition) is 4. The maximum absolute atomic E-state index is 11.3. The summed E-state index contributed by atoms with van der Waals surface area (Å²) in [5.74, 6) is -0.141. The minimum absolute atomic E-state index is 0.0160. The van der Waals surface area contributed by atoms with E-state index in [9.17, 15) is 4.79 Å². The molecule has 72 valence electrons. The van der Waals surface area contributed by atoms with Crippen LogP contribution in [-0.2, 0) is 11.3 Å². The number of amides is 1. The van der Waals surface area contributed by atoms with Gasteiger partial charge in [0.1, 0.15) is 5.01 Å². The van der Waals surface area contributed by atoms with Gasteiger partial charge >= 0.3 is 0 Å². The van der Waals surface area contributed by atoms with Crippen molar-refractivity contribution in [3.8, 4) is 0 Å². The summed E-state index contributed by atoms with van der Waals surface area (Å²) in [5.41, 5.74) is 5.35. The highest BCUT2D eigenvalue weighted by Gasteiger charge is 2.09. The van der Waals surface area contributed by atoms with Crippen LogP contribution in [0.3, 0.4) is 0 Å². The Morgan fingerprint density at radius 1 is 1.85 bits per heavy atom. The fraction of sp³-hybridized carbons (Fsp3) is 0.500. The van der Waals surface area contributed by atoms with E-state index in [-0.39, 0.29) is 11.8 Å². The number of nitrogens with one attached hydrogen (secondary N) is 1. The molecular weight excluding hydrogens is 186 g/mol. The highest BCUT2D eigenvalue weighted by Crippen LogP contribution is 2.03. The maximum atomic E-state index is 11.3. The van der Waals surface area contributed by atoms with Gasteiger partial charge in [0.25, 0.3) is 0 Å². The monoisotopic (exact) mass is 199 g/mol. The molecule has 0 aliphatic carbocycles. The van der Waals surface area contributed by atoms with Crippen molar-refractivity contribution in [1.82, 2.24) is 10.3 Å². The lowest BCUT2D eigenvalue weighted by molar-refractivity contribution is -0.124. The molecule has 0 aromatic carbocycles. The van der Waals surface area contributed by atoms with Crippen molar-refractivity contribution < 1.29 is 4.79 Å². The van der Waals surface area contributed by atoms with Crippen LogP contribution in [0.1, 0.15) is 11.9 Å². The maximum Gasteiger partial charge on any atom is 0.224 e. The van der Waals surface area contributed by atoms with Crippen LogP contribution in [0.4, 0.5) is 0 Å². The van der Waals surface area contributed by atoms with Crippen LogP contribution in [0.15, 0.2) is 11.6 Å². The third kappa shape index (κ3) is 3.12. The molecule has 1 rings (SSSR count). The van der Waals surface area contributed by atoms with Gasteiger partial charge in [-0.2, -0.15) is 0 Å². The summed E-state index contributed by atoms with van der Waals surface area (Å²) in [4.78, 5) is 15.3. The van der Waals surface area contributed by atoms with E-state index >= 15 is 0 Å². The smallest absolute Gasteiger partial charge is 0.224 e. The zero-order chi connectivity index (χ0) is 9.68. The second-order valence-corrected chi connectivity index (χ2v) is 3.76. The molecule has 0 radical (unpaired) electrons. The molecule has 1 heterocycles. The van der Waals surface area contributed by atoms with E-state index in [2.05, 4.69) is 10.3 Å². The molecule has 5 heteroatoms. The molecule has 0 aliphatic rings. The molecular formula is C8H13N3OS. The van der Waals surface area contributed by atoms with E-state index in [1.807, 2.05) is 5.38 Å². The predicted octanol–water partition coefficient (Wildman–Crippen LogP) is 0.354. The molecule has 13 heavy (non-hydrogen) atoms. The molecule has 0 spiro atoms. The summed E-state index contributed by atoms with van der Waals surface area (Å²) in [6, 6.07) is 0. The lowest BCUT2D eigenvalue weighted by atomic mass is 10.2. The van der Waals surface area contributed by atoms with Crippen molar-refractivity contribution in [2.45, 2.75) is 13.5 Å². The van der Waals surface area contributed by atoms with Crippen LogP contribution in [0.25, 0.3) is 0 Å². The number of carbonyl (C=O) groups excluding carboxylic acids is 1. The van der Waals surface area contributed by atoms with Crippen molar-refractivity contribution in [2.75, 3.05) is 6.54 Å². The number of thiazole rings is 1. The van der Waals surface area contributed by atoms with Gasteiger partial charge in [0, 0.05) is 24.0 Å². The van der Waals surface area contributed by atoms with Gasteiger partial charge in [0.2, 0.25) is 5.91 Å². The largest absolute Gasteiger partial charge is 0.349 e. The minimum atomic E-state index is -0.125. The summed E-state index contributed by atoms with van der Waals surface area (Å²) < 4.78 is 0. The Kier molecular flexibility index (Phi) is 3.85. The normalized spacial score (nSPS) is 12.5. The van der Waals surface area contributed by atoms with Gasteiger partial charge in [-0.3, -0.25) is 4.79 Å². The van der Waals surface area contributed by atoms with Gasteiger partial charge in [-0.15, -0.1) is 11.3 Å². The highest BCUT2D eigenvalue weighted by atomic mass is 32.1. The summed E-state index contributed by atoms with van der Waals surface area (Å²) >= 11 is 1.53. The molecule has 3 N–H and O–H groups in total. The Labute approximate surface area is 81.2 Å². The lowest BCUT2D eigenvalue weighted by Crippen LogP contribution is -2.32. The zero-order valence-corrected chi connectivity index (χ0v) is 8.30. The first-order valence-electron chi connectivity index (χ1n) is 4.10. The lowest BCUT2D eigenvalue weighted by Gasteiger charge is -2.07. The molecule has 1 atom stereocenters. The standard InChI is InChI=1S/C8H13N3OS/c1-6(4-9)8(12)11-5-7-10-2-3-13-7/h2-3,6H,4-5,9H2,1H3,(H,11,12). The van der Waals surface area contributed by atoms with Gasteiger partial charge in [0.05, 0.1) is 6.54 Å². The fourth-order valence-corrected chi connectivity index (χ4v) is 1.34. The number of aromatic nitrogens is 1. The Balaban J connectivity index is 2.31. The molecule has 1 aromatic heterocycles. The first-order valence-corrected chi connectivity index (χ1v) is 4.98. The topological polar surface area (TPSA) is 68.0 Å². The van der Waals surface area contributed by atoms with Crippen molar-refractivity contribution in [1.29, 1.82) is 0 Å². The highest BCUT2D eigenvalue weighted by molar-refractivity contribution is 7.09. The van der Waals surface area contributed by atoms with Crippen LogP contribution >= 0.6 is 11.3 Å². The third-order valence-corrected chi connectivity index (χ3v) is 2.48. The molecule has 1 amide bonds. The van der Waals surface area contributed by atoms with Crippen LogP contribution in [-0.4, -0.2) is 17.4 Å². The number of carbonyl (C=O) groups is 1. The quantitative estimate of drug-likeness (QED) is 0.735. The van der Waals surface area contributed by atoms with Crippen molar-refractivity contribution in [2.24, 2.45) is 11.7 Å². The number of nitrogens with zero attached hydrogens (tertiary/aromatic N) is 1. The van der Waals surface area contributed by atoms with Gasteiger partial charge in [-0.05, 0) is 0 Å². The van der Waals surface area contributed by atoms with Gasteiger partial charge in [0.15, 0.2) is 0 Å². The first-order chi connectivity index (χ1) is 6.24. The average molecular weight is 199 g/mol. The first kappa shape index (κ1) is 10.1. The van der Waals surface area contributed by atoms with E-state index in [0.717, 1.165) is 5.01 Å². The predicted molar refractivity (Wildman–Crippen MR) is 52.2 cm³/mol. The van der Waals surface area contributed by atoms with Crippen LogP contribution in [0.2, 0.25) is 0 Å². The number of rotatable bonds is 4. The van der Waals surface area contributed by atoms with E-state index < -0.39 is 0 Å². The summed E-state index contributed by atoms with van der Waals surface area (Å²) in [5, 5.41) is 5.56. The second-order valence-electron chi connectivity index (χ2n) is 2.78. The van der Waals surface area contributed by atoms with E-state index in [1.54, 1.807) is 13.1 Å². The second kappa shape index (κ2) is 4.94. The molecule has 0 fully saturated rings. The Bertz CT molecular complexity index is 260. The van der Waals surface area contributed by atoms with Gasteiger partial charge in [-0.1, -0.05) is 6.92 Å². The summed E-state index contributed by atoms with van der Waals surface area (Å²) in [6.07, 6.45) is 1.72. The minimum Gasteiger partial charge on any atom is -0.349 e. The molecule has 0 bridgehead atoms.